The summed E-state index contributed by atoms with van der Waals surface area (Å²) in [5.74, 6) is 0.650. The molecule has 4 nitrogen and oxygen atoms in total. The first-order valence-corrected chi connectivity index (χ1v) is 7.97. The minimum atomic E-state index is 0.149. The van der Waals surface area contributed by atoms with E-state index in [0.29, 0.717) is 10.2 Å². The van der Waals surface area contributed by atoms with Crippen LogP contribution in [0.5, 0.6) is 11.5 Å². The molecule has 1 aliphatic heterocycles. The van der Waals surface area contributed by atoms with Gasteiger partial charge in [0.15, 0.2) is 11.5 Å². The van der Waals surface area contributed by atoms with E-state index in [-0.39, 0.29) is 11.8 Å². The molecule has 1 aromatic rings. The third-order valence-corrected chi connectivity index (χ3v) is 4.39. The van der Waals surface area contributed by atoms with Crippen molar-refractivity contribution in [1.82, 2.24) is 10.2 Å². The van der Waals surface area contributed by atoms with Gasteiger partial charge < -0.3 is 15.2 Å². The highest BCUT2D eigenvalue weighted by atomic mass is 79.9. The van der Waals surface area contributed by atoms with Gasteiger partial charge in [-0.3, -0.25) is 4.90 Å². The summed E-state index contributed by atoms with van der Waals surface area (Å²) in [5, 5.41) is 13.4. The van der Waals surface area contributed by atoms with Crippen LogP contribution in [-0.2, 0) is 0 Å². The molecule has 21 heavy (non-hydrogen) atoms. The van der Waals surface area contributed by atoms with E-state index in [1.54, 1.807) is 7.11 Å². The maximum atomic E-state index is 9.98. The predicted molar refractivity (Wildman–Crippen MR) is 89.0 cm³/mol. The van der Waals surface area contributed by atoms with Gasteiger partial charge in [-0.1, -0.05) is 5.57 Å². The summed E-state index contributed by atoms with van der Waals surface area (Å²) in [5.41, 5.74) is 2.29. The molecule has 1 aromatic carbocycles. The number of benzene rings is 1. The third kappa shape index (κ3) is 3.99. The fourth-order valence-corrected chi connectivity index (χ4v) is 3.18. The van der Waals surface area contributed by atoms with E-state index < -0.39 is 0 Å². The third-order valence-electron chi connectivity index (χ3n) is 3.79. The fraction of sp³-hybridized carbons (Fsp3) is 0.500. The molecule has 0 saturated carbocycles. The maximum absolute atomic E-state index is 9.98. The molecule has 116 valence electrons. The molecule has 0 aliphatic carbocycles. The van der Waals surface area contributed by atoms with Crippen LogP contribution in [0.25, 0.3) is 0 Å². The van der Waals surface area contributed by atoms with Gasteiger partial charge in [-0.25, -0.2) is 0 Å². The van der Waals surface area contributed by atoms with Crippen LogP contribution in [0.1, 0.15) is 24.9 Å². The van der Waals surface area contributed by atoms with E-state index in [1.807, 2.05) is 12.1 Å². The van der Waals surface area contributed by atoms with Crippen molar-refractivity contribution in [1.29, 1.82) is 0 Å². The summed E-state index contributed by atoms with van der Waals surface area (Å²) < 4.78 is 5.94. The lowest BCUT2D eigenvalue weighted by atomic mass is 9.97. The SMILES string of the molecule is C=C(C)C[C@@H](c1cc(Br)c(O)c(OC)c1)N1CCNCC1. The zero-order chi connectivity index (χ0) is 15.4. The van der Waals surface area contributed by atoms with E-state index in [0.717, 1.165) is 43.7 Å². The van der Waals surface area contributed by atoms with Crippen LogP contribution in [0.3, 0.4) is 0 Å². The van der Waals surface area contributed by atoms with Crippen molar-refractivity contribution in [2.75, 3.05) is 33.3 Å². The minimum absolute atomic E-state index is 0.149. The largest absolute Gasteiger partial charge is 0.503 e. The Hall–Kier alpha value is -1.04. The number of ether oxygens (including phenoxy) is 1. The van der Waals surface area contributed by atoms with Crippen molar-refractivity contribution in [2.45, 2.75) is 19.4 Å². The van der Waals surface area contributed by atoms with Crippen LogP contribution in [0, 0.1) is 0 Å². The Morgan fingerprint density at radius 1 is 1.48 bits per heavy atom. The molecule has 0 aromatic heterocycles. The fourth-order valence-electron chi connectivity index (χ4n) is 2.72. The highest BCUT2D eigenvalue weighted by Crippen LogP contribution is 2.39. The lowest BCUT2D eigenvalue weighted by Crippen LogP contribution is -2.45. The van der Waals surface area contributed by atoms with Crippen LogP contribution in [0.15, 0.2) is 28.8 Å². The Morgan fingerprint density at radius 2 is 2.14 bits per heavy atom. The Morgan fingerprint density at radius 3 is 2.71 bits per heavy atom. The van der Waals surface area contributed by atoms with Gasteiger partial charge in [0.05, 0.1) is 11.6 Å². The molecule has 1 aliphatic rings. The molecule has 0 spiro atoms. The average molecular weight is 355 g/mol. The van der Waals surface area contributed by atoms with Crippen LogP contribution >= 0.6 is 15.9 Å². The predicted octanol–water partition coefficient (Wildman–Crippen LogP) is 3.08. The summed E-state index contributed by atoms with van der Waals surface area (Å²) in [6, 6.07) is 4.17. The zero-order valence-corrected chi connectivity index (χ0v) is 14.2. The van der Waals surface area contributed by atoms with Crippen LogP contribution in [0.4, 0.5) is 0 Å². The molecule has 0 radical (unpaired) electrons. The van der Waals surface area contributed by atoms with Gasteiger partial charge in [-0.05, 0) is 47.0 Å². The number of methoxy groups -OCH3 is 1. The van der Waals surface area contributed by atoms with Crippen molar-refractivity contribution < 1.29 is 9.84 Å². The molecule has 0 unspecified atom stereocenters. The standard InChI is InChI=1S/C16H23BrN2O2/c1-11(2)8-14(19-6-4-18-5-7-19)12-9-13(17)16(20)15(10-12)21-3/h9-10,14,18,20H,1,4-8H2,2-3H3/t14-/m0/s1. The van der Waals surface area contributed by atoms with Crippen LogP contribution in [0.2, 0.25) is 0 Å². The number of phenols is 1. The van der Waals surface area contributed by atoms with Crippen molar-refractivity contribution in [3.05, 3.63) is 34.3 Å². The van der Waals surface area contributed by atoms with Gasteiger partial charge in [0.1, 0.15) is 0 Å². The molecule has 2 N–H and O–H groups in total. The van der Waals surface area contributed by atoms with E-state index in [4.69, 9.17) is 4.74 Å². The van der Waals surface area contributed by atoms with Crippen molar-refractivity contribution >= 4 is 15.9 Å². The first-order valence-electron chi connectivity index (χ1n) is 7.18. The summed E-state index contributed by atoms with van der Waals surface area (Å²) in [7, 11) is 1.57. The van der Waals surface area contributed by atoms with E-state index in [1.165, 1.54) is 0 Å². The number of hydrogen-bond donors (Lipinski definition) is 2. The summed E-state index contributed by atoms with van der Waals surface area (Å²) in [6.45, 7) is 10.2. The van der Waals surface area contributed by atoms with Crippen molar-refractivity contribution in [3.63, 3.8) is 0 Å². The molecule has 1 heterocycles. The number of halogens is 1. The second kappa shape index (κ2) is 7.29. The Balaban J connectivity index is 2.35. The van der Waals surface area contributed by atoms with E-state index in [2.05, 4.69) is 39.6 Å². The lowest BCUT2D eigenvalue weighted by molar-refractivity contribution is 0.172. The van der Waals surface area contributed by atoms with E-state index >= 15 is 0 Å². The Kier molecular flexibility index (Phi) is 5.67. The summed E-state index contributed by atoms with van der Waals surface area (Å²) >= 11 is 3.41. The number of hydrogen-bond acceptors (Lipinski definition) is 4. The monoisotopic (exact) mass is 354 g/mol. The normalized spacial score (nSPS) is 17.5. The van der Waals surface area contributed by atoms with Gasteiger partial charge in [0.2, 0.25) is 0 Å². The second-order valence-corrected chi connectivity index (χ2v) is 6.37. The van der Waals surface area contributed by atoms with Gasteiger partial charge in [-0.15, -0.1) is 6.58 Å². The quantitative estimate of drug-likeness (QED) is 0.797. The second-order valence-electron chi connectivity index (χ2n) is 5.52. The molecule has 1 fully saturated rings. The topological polar surface area (TPSA) is 44.7 Å². The molecule has 1 saturated heterocycles. The number of piperazine rings is 1. The molecule has 0 bridgehead atoms. The molecule has 5 heteroatoms. The van der Waals surface area contributed by atoms with Crippen molar-refractivity contribution in [2.24, 2.45) is 0 Å². The minimum Gasteiger partial charge on any atom is -0.503 e. The lowest BCUT2D eigenvalue weighted by Gasteiger charge is -2.35. The Bertz CT molecular complexity index is 513. The smallest absolute Gasteiger partial charge is 0.172 e. The summed E-state index contributed by atoms with van der Waals surface area (Å²) in [6.07, 6.45) is 0.903. The molecular formula is C16H23BrN2O2. The first-order chi connectivity index (χ1) is 10.0. The highest BCUT2D eigenvalue weighted by molar-refractivity contribution is 9.10. The molecule has 1 atom stereocenters. The number of nitrogens with one attached hydrogen (secondary N) is 1. The van der Waals surface area contributed by atoms with Crippen LogP contribution in [-0.4, -0.2) is 43.3 Å². The Labute approximate surface area is 134 Å². The number of phenolic OH excluding ortho intramolecular Hbond substituents is 1. The van der Waals surface area contributed by atoms with Gasteiger partial charge in [0.25, 0.3) is 0 Å². The highest BCUT2D eigenvalue weighted by Gasteiger charge is 2.24. The molecule has 2 rings (SSSR count). The molecular weight excluding hydrogens is 332 g/mol. The number of rotatable bonds is 5. The zero-order valence-electron chi connectivity index (χ0n) is 12.7. The molecule has 0 amide bonds. The van der Waals surface area contributed by atoms with Crippen LogP contribution < -0.4 is 10.1 Å². The average Bonchev–Trinajstić information content (AvgIpc) is 2.48. The summed E-state index contributed by atoms with van der Waals surface area (Å²) in [4.78, 5) is 2.46. The van der Waals surface area contributed by atoms with Crippen molar-refractivity contribution in [3.8, 4) is 11.5 Å². The van der Waals surface area contributed by atoms with E-state index in [9.17, 15) is 5.11 Å². The number of aromatic hydroxyl groups is 1. The first kappa shape index (κ1) is 16.3. The maximum Gasteiger partial charge on any atom is 0.172 e. The van der Waals surface area contributed by atoms with Gasteiger partial charge >= 0.3 is 0 Å². The van der Waals surface area contributed by atoms with Gasteiger partial charge in [-0.2, -0.15) is 0 Å². The van der Waals surface area contributed by atoms with Gasteiger partial charge in [0, 0.05) is 32.2 Å². The number of nitrogens with zero attached hydrogens (tertiary/aromatic N) is 1.